The van der Waals surface area contributed by atoms with Crippen LogP contribution in [-0.4, -0.2) is 76.5 Å². The quantitative estimate of drug-likeness (QED) is 0.393. The van der Waals surface area contributed by atoms with Crippen molar-refractivity contribution in [1.29, 1.82) is 0 Å². The van der Waals surface area contributed by atoms with Crippen LogP contribution in [0.3, 0.4) is 0 Å². The average Bonchev–Trinajstić information content (AvgIpc) is 3.67. The third-order valence-electron chi connectivity index (χ3n) is 8.71. The van der Waals surface area contributed by atoms with E-state index < -0.39 is 11.9 Å². The summed E-state index contributed by atoms with van der Waals surface area (Å²) in [6.45, 7) is 8.75. The molecule has 10 nitrogen and oxygen atoms in total. The molecule has 3 aromatic rings. The Hall–Kier alpha value is -3.97. The second-order valence-electron chi connectivity index (χ2n) is 12.5. The number of benzene rings is 2. The lowest BCUT2D eigenvalue weighted by Gasteiger charge is -2.43. The number of nitrogens with one attached hydrogen (secondary N) is 1. The van der Waals surface area contributed by atoms with Crippen molar-refractivity contribution < 1.29 is 36.8 Å². The maximum atomic E-state index is 13.4. The molecule has 1 saturated heterocycles. The van der Waals surface area contributed by atoms with E-state index in [9.17, 15) is 22.8 Å². The Morgan fingerprint density at radius 3 is 2.71 bits per heavy atom. The van der Waals surface area contributed by atoms with E-state index in [4.69, 9.17) is 9.26 Å². The van der Waals surface area contributed by atoms with Crippen LogP contribution < -0.4 is 10.1 Å². The minimum atomic E-state index is -4.80. The molecule has 2 aliphatic heterocycles. The van der Waals surface area contributed by atoms with E-state index in [2.05, 4.69) is 25.1 Å². The maximum absolute atomic E-state index is 13.4. The van der Waals surface area contributed by atoms with Crippen molar-refractivity contribution in [3.63, 3.8) is 0 Å². The molecule has 3 heterocycles. The van der Waals surface area contributed by atoms with Crippen molar-refractivity contribution in [2.75, 3.05) is 32.8 Å². The number of rotatable bonds is 8. The molecule has 2 aromatic carbocycles. The Balaban J connectivity index is 1.23. The van der Waals surface area contributed by atoms with E-state index >= 15 is 0 Å². The topological polar surface area (TPSA) is 110 Å². The van der Waals surface area contributed by atoms with Crippen LogP contribution in [0.2, 0.25) is 0 Å². The van der Waals surface area contributed by atoms with Crippen LogP contribution in [0.4, 0.5) is 13.2 Å². The second kappa shape index (κ2) is 12.1. The summed E-state index contributed by atoms with van der Waals surface area (Å²) in [5.74, 6) is 0.265. The van der Waals surface area contributed by atoms with Crippen LogP contribution in [0.1, 0.15) is 54.6 Å². The number of carbonyl (C=O) groups excluding carboxylic acids is 2. The van der Waals surface area contributed by atoms with Crippen molar-refractivity contribution in [2.24, 2.45) is 5.92 Å². The van der Waals surface area contributed by atoms with Gasteiger partial charge in [0, 0.05) is 26.2 Å². The number of halogens is 3. The minimum absolute atomic E-state index is 0.0193. The van der Waals surface area contributed by atoms with Gasteiger partial charge in [0.15, 0.2) is 5.82 Å². The lowest BCUT2D eigenvalue weighted by molar-refractivity contribution is -0.274. The highest BCUT2D eigenvalue weighted by molar-refractivity contribution is 5.83. The highest BCUT2D eigenvalue weighted by Gasteiger charge is 2.47. The van der Waals surface area contributed by atoms with Crippen LogP contribution in [0.15, 0.2) is 40.9 Å². The highest BCUT2D eigenvalue weighted by atomic mass is 19.4. The number of carbonyl (C=O) groups is 2. The molecular formula is C32H36F3N5O5. The van der Waals surface area contributed by atoms with Gasteiger partial charge in [-0.25, -0.2) is 0 Å². The SMILES string of the molecule is Cc1noc([C@@H]2C[C@H]2C(=O)NCc2ccc(-c3cccc(OC(F)(F)F)c3)c3c2CN(CC(=O)N2CCOCC2(C)C)CC3)n1. The predicted octanol–water partition coefficient (Wildman–Crippen LogP) is 4.36. The Kier molecular flexibility index (Phi) is 8.33. The molecule has 3 aliphatic rings. The molecule has 2 fully saturated rings. The monoisotopic (exact) mass is 627 g/mol. The standard InChI is InChI=1S/C32H36F3N5O5/c1-19-37-30(45-38-19)26-14-25(26)29(42)36-15-21-7-8-23(20-5-4-6-22(13-20)44-32(33,34)35)24-9-10-39(16-27(21)24)17-28(41)40-11-12-43-18-31(40,2)3/h4-8,13,25-26H,9-12,14-18H2,1-3H3,(H,36,42)/t25-,26-/m1/s1. The second-order valence-corrected chi connectivity index (χ2v) is 12.5. The number of alkyl halides is 3. The van der Waals surface area contributed by atoms with E-state index in [1.54, 1.807) is 13.0 Å². The fourth-order valence-electron chi connectivity index (χ4n) is 6.36. The molecule has 0 bridgehead atoms. The summed E-state index contributed by atoms with van der Waals surface area (Å²) in [5, 5.41) is 6.86. The van der Waals surface area contributed by atoms with Crippen LogP contribution in [0.5, 0.6) is 5.75 Å². The third kappa shape index (κ3) is 6.99. The van der Waals surface area contributed by atoms with E-state index in [-0.39, 0.29) is 42.5 Å². The molecule has 2 amide bonds. The van der Waals surface area contributed by atoms with E-state index in [0.29, 0.717) is 63.0 Å². The Morgan fingerprint density at radius 2 is 1.98 bits per heavy atom. The first-order chi connectivity index (χ1) is 21.4. The lowest BCUT2D eigenvalue weighted by Crippen LogP contribution is -2.57. The minimum Gasteiger partial charge on any atom is -0.406 e. The summed E-state index contributed by atoms with van der Waals surface area (Å²) < 4.78 is 53.9. The van der Waals surface area contributed by atoms with E-state index in [1.165, 1.54) is 18.2 Å². The first-order valence-corrected chi connectivity index (χ1v) is 15.1. The molecule has 0 spiro atoms. The van der Waals surface area contributed by atoms with Gasteiger partial charge in [-0.2, -0.15) is 4.98 Å². The first-order valence-electron chi connectivity index (χ1n) is 15.1. The number of fused-ring (bicyclic) bond motifs is 1. The van der Waals surface area contributed by atoms with Gasteiger partial charge >= 0.3 is 6.36 Å². The van der Waals surface area contributed by atoms with Gasteiger partial charge in [0.1, 0.15) is 5.75 Å². The van der Waals surface area contributed by atoms with Crippen molar-refractivity contribution in [3.05, 3.63) is 64.8 Å². The maximum Gasteiger partial charge on any atom is 0.573 e. The van der Waals surface area contributed by atoms with E-state index in [0.717, 1.165) is 22.3 Å². The van der Waals surface area contributed by atoms with Crippen LogP contribution >= 0.6 is 0 Å². The fourth-order valence-corrected chi connectivity index (χ4v) is 6.36. The zero-order valence-corrected chi connectivity index (χ0v) is 25.4. The molecule has 45 heavy (non-hydrogen) atoms. The normalized spacial score (nSPS) is 21.2. The predicted molar refractivity (Wildman–Crippen MR) is 156 cm³/mol. The van der Waals surface area contributed by atoms with Gasteiger partial charge < -0.3 is 24.2 Å². The summed E-state index contributed by atoms with van der Waals surface area (Å²) in [7, 11) is 0. The van der Waals surface area contributed by atoms with Crippen LogP contribution in [0.25, 0.3) is 11.1 Å². The molecule has 2 atom stereocenters. The zero-order valence-electron chi connectivity index (χ0n) is 25.4. The molecule has 13 heteroatoms. The zero-order chi connectivity index (χ0) is 31.9. The Labute approximate surface area is 258 Å². The number of nitrogens with zero attached hydrogens (tertiary/aromatic N) is 4. The number of hydrogen-bond acceptors (Lipinski definition) is 8. The Morgan fingerprint density at radius 1 is 1.16 bits per heavy atom. The van der Waals surface area contributed by atoms with Crippen LogP contribution in [0, 0.1) is 12.8 Å². The van der Waals surface area contributed by atoms with Gasteiger partial charge in [-0.05, 0) is 73.6 Å². The molecule has 1 aliphatic carbocycles. The van der Waals surface area contributed by atoms with Crippen molar-refractivity contribution in [1.82, 2.24) is 25.3 Å². The number of hydrogen-bond donors (Lipinski definition) is 1. The van der Waals surface area contributed by atoms with Crippen molar-refractivity contribution >= 4 is 11.8 Å². The number of aromatic nitrogens is 2. The third-order valence-corrected chi connectivity index (χ3v) is 8.71. The number of aryl methyl sites for hydroxylation is 1. The molecule has 6 rings (SSSR count). The van der Waals surface area contributed by atoms with Gasteiger partial charge in [-0.15, -0.1) is 13.2 Å². The van der Waals surface area contributed by atoms with Crippen molar-refractivity contribution in [3.8, 4) is 16.9 Å². The number of morpholine rings is 1. The van der Waals surface area contributed by atoms with Crippen molar-refractivity contribution in [2.45, 2.75) is 64.5 Å². The molecule has 0 unspecified atom stereocenters. The number of ether oxygens (including phenoxy) is 2. The first kappa shape index (κ1) is 31.0. The van der Waals surface area contributed by atoms with E-state index in [1.807, 2.05) is 30.9 Å². The molecule has 0 radical (unpaired) electrons. The molecule has 1 saturated carbocycles. The summed E-state index contributed by atoms with van der Waals surface area (Å²) in [5.41, 5.74) is 3.80. The van der Waals surface area contributed by atoms with Gasteiger partial charge in [-0.1, -0.05) is 29.4 Å². The van der Waals surface area contributed by atoms with Gasteiger partial charge in [0.05, 0.1) is 37.1 Å². The van der Waals surface area contributed by atoms with Gasteiger partial charge in [-0.3, -0.25) is 14.5 Å². The van der Waals surface area contributed by atoms with Gasteiger partial charge in [0.2, 0.25) is 17.7 Å². The largest absolute Gasteiger partial charge is 0.573 e. The molecule has 1 N–H and O–H groups in total. The summed E-state index contributed by atoms with van der Waals surface area (Å²) in [4.78, 5) is 34.7. The highest BCUT2D eigenvalue weighted by Crippen LogP contribution is 2.47. The summed E-state index contributed by atoms with van der Waals surface area (Å²) in [6.07, 6.45) is -3.59. The Bertz CT molecular complexity index is 1590. The average molecular weight is 628 g/mol. The molecule has 240 valence electrons. The lowest BCUT2D eigenvalue weighted by atomic mass is 9.87. The number of amides is 2. The fraction of sp³-hybridized carbons (Fsp3) is 0.500. The van der Waals surface area contributed by atoms with Crippen LogP contribution in [-0.2, 0) is 33.8 Å². The summed E-state index contributed by atoms with van der Waals surface area (Å²) >= 11 is 0. The molecular weight excluding hydrogens is 591 g/mol. The summed E-state index contributed by atoms with van der Waals surface area (Å²) in [6, 6.07) is 9.72. The smallest absolute Gasteiger partial charge is 0.406 e. The van der Waals surface area contributed by atoms with Gasteiger partial charge in [0.25, 0.3) is 0 Å². The molecule has 1 aromatic heterocycles.